The number of thiophene rings is 1. The van der Waals surface area contributed by atoms with Gasteiger partial charge in [-0.15, -0.1) is 11.3 Å². The van der Waals surface area contributed by atoms with Crippen molar-refractivity contribution in [1.82, 2.24) is 15.5 Å². The second-order valence-corrected chi connectivity index (χ2v) is 8.90. The van der Waals surface area contributed by atoms with Gasteiger partial charge in [0.25, 0.3) is 5.91 Å². The maximum atomic E-state index is 12.8. The lowest BCUT2D eigenvalue weighted by atomic mass is 10.1. The second-order valence-electron chi connectivity index (χ2n) is 6.53. The summed E-state index contributed by atoms with van der Waals surface area (Å²) < 4.78 is 0. The standard InChI is InChI=1S/C20H26ClN3O2S2/c1-24(2)17(18-9-6-11-28-18)13-22-20(26)16(10-12-27-3)23-19(25)14-7-4-5-8-15(14)21/h4-9,11,16-17H,10,12-13H2,1-3H3,(H,22,26)(H,23,25)/t16-,17+/m1/s1. The molecule has 2 aromatic rings. The number of thioether (sulfide) groups is 1. The molecule has 152 valence electrons. The summed E-state index contributed by atoms with van der Waals surface area (Å²) in [5, 5.41) is 8.23. The van der Waals surface area contributed by atoms with E-state index in [2.05, 4.69) is 21.6 Å². The van der Waals surface area contributed by atoms with Crippen LogP contribution in [0.3, 0.4) is 0 Å². The number of halogens is 1. The number of hydrogen-bond donors (Lipinski definition) is 2. The Bertz CT molecular complexity index is 769. The molecule has 0 spiro atoms. The highest BCUT2D eigenvalue weighted by Gasteiger charge is 2.24. The molecule has 0 aliphatic rings. The van der Waals surface area contributed by atoms with Crippen LogP contribution in [0.2, 0.25) is 5.02 Å². The summed E-state index contributed by atoms with van der Waals surface area (Å²) in [5.74, 6) is 0.246. The summed E-state index contributed by atoms with van der Waals surface area (Å²) in [6, 6.07) is 10.4. The first kappa shape index (κ1) is 22.7. The molecule has 2 atom stereocenters. The van der Waals surface area contributed by atoms with Crippen molar-refractivity contribution in [2.75, 3.05) is 32.6 Å². The van der Waals surface area contributed by atoms with Gasteiger partial charge >= 0.3 is 0 Å². The maximum absolute atomic E-state index is 12.8. The third-order valence-electron chi connectivity index (χ3n) is 4.32. The number of nitrogens with one attached hydrogen (secondary N) is 2. The normalized spacial score (nSPS) is 13.2. The Hall–Kier alpha value is -1.54. The van der Waals surface area contributed by atoms with Crippen molar-refractivity contribution in [2.24, 2.45) is 0 Å². The van der Waals surface area contributed by atoms with Gasteiger partial charge in [-0.2, -0.15) is 11.8 Å². The Morgan fingerprint density at radius 1 is 1.21 bits per heavy atom. The number of amides is 2. The van der Waals surface area contributed by atoms with Crippen molar-refractivity contribution in [1.29, 1.82) is 0 Å². The summed E-state index contributed by atoms with van der Waals surface area (Å²) in [6.07, 6.45) is 2.53. The van der Waals surface area contributed by atoms with E-state index in [1.165, 1.54) is 4.88 Å². The molecule has 0 fully saturated rings. The molecule has 2 N–H and O–H groups in total. The summed E-state index contributed by atoms with van der Waals surface area (Å²) in [6.45, 7) is 0.476. The third-order valence-corrected chi connectivity index (χ3v) is 6.26. The number of benzene rings is 1. The smallest absolute Gasteiger partial charge is 0.253 e. The molecule has 0 bridgehead atoms. The van der Waals surface area contributed by atoms with Crippen molar-refractivity contribution in [3.63, 3.8) is 0 Å². The van der Waals surface area contributed by atoms with Crippen LogP contribution in [0.15, 0.2) is 41.8 Å². The van der Waals surface area contributed by atoms with Crippen LogP contribution in [0.1, 0.15) is 27.7 Å². The predicted molar refractivity (Wildman–Crippen MR) is 119 cm³/mol. The van der Waals surface area contributed by atoms with Crippen molar-refractivity contribution in [2.45, 2.75) is 18.5 Å². The average Bonchev–Trinajstić information content (AvgIpc) is 3.19. The monoisotopic (exact) mass is 439 g/mol. The van der Waals surface area contributed by atoms with E-state index in [0.29, 0.717) is 23.6 Å². The first-order valence-corrected chi connectivity index (χ1v) is 11.6. The molecule has 0 aliphatic heterocycles. The van der Waals surface area contributed by atoms with E-state index in [0.717, 1.165) is 5.75 Å². The SMILES string of the molecule is CSCC[C@@H](NC(=O)c1ccccc1Cl)C(=O)NC[C@@H](c1cccs1)N(C)C. The van der Waals surface area contributed by atoms with Gasteiger partial charge in [-0.05, 0) is 56.1 Å². The molecule has 0 radical (unpaired) electrons. The van der Waals surface area contributed by atoms with Crippen LogP contribution in [-0.2, 0) is 4.79 Å². The molecule has 0 saturated heterocycles. The Balaban J connectivity index is 2.03. The van der Waals surface area contributed by atoms with Crippen LogP contribution in [0.25, 0.3) is 0 Å². The molecule has 1 aromatic carbocycles. The van der Waals surface area contributed by atoms with Gasteiger partial charge in [-0.3, -0.25) is 9.59 Å². The minimum atomic E-state index is -0.609. The lowest BCUT2D eigenvalue weighted by molar-refractivity contribution is -0.123. The highest BCUT2D eigenvalue weighted by atomic mass is 35.5. The lowest BCUT2D eigenvalue weighted by Gasteiger charge is -2.25. The maximum Gasteiger partial charge on any atom is 0.253 e. The van der Waals surface area contributed by atoms with E-state index in [1.54, 1.807) is 47.4 Å². The van der Waals surface area contributed by atoms with Crippen molar-refractivity contribution >= 4 is 46.5 Å². The van der Waals surface area contributed by atoms with Gasteiger partial charge in [-0.25, -0.2) is 0 Å². The van der Waals surface area contributed by atoms with E-state index in [4.69, 9.17) is 11.6 Å². The van der Waals surface area contributed by atoms with Crippen LogP contribution in [0.4, 0.5) is 0 Å². The molecule has 0 aliphatic carbocycles. The highest BCUT2D eigenvalue weighted by Crippen LogP contribution is 2.22. The summed E-state index contributed by atoms with van der Waals surface area (Å²) in [7, 11) is 3.97. The molecule has 1 aromatic heterocycles. The molecule has 28 heavy (non-hydrogen) atoms. The first-order chi connectivity index (χ1) is 13.4. The largest absolute Gasteiger partial charge is 0.352 e. The van der Waals surface area contributed by atoms with Crippen molar-refractivity contribution in [3.8, 4) is 0 Å². The zero-order valence-electron chi connectivity index (χ0n) is 16.3. The summed E-state index contributed by atoms with van der Waals surface area (Å²) >= 11 is 9.41. The molecule has 2 rings (SSSR count). The number of carbonyl (C=O) groups is 2. The Kier molecular flexibility index (Phi) is 9.31. The van der Waals surface area contributed by atoms with E-state index >= 15 is 0 Å². The minimum absolute atomic E-state index is 0.0874. The van der Waals surface area contributed by atoms with Crippen LogP contribution < -0.4 is 10.6 Å². The second kappa shape index (κ2) is 11.5. The van der Waals surface area contributed by atoms with E-state index in [9.17, 15) is 9.59 Å². The molecule has 8 heteroatoms. The fraction of sp³-hybridized carbons (Fsp3) is 0.400. The van der Waals surface area contributed by atoms with Gasteiger partial charge in [0.1, 0.15) is 6.04 Å². The Morgan fingerprint density at radius 2 is 1.96 bits per heavy atom. The van der Waals surface area contributed by atoms with E-state index < -0.39 is 6.04 Å². The fourth-order valence-corrected chi connectivity index (χ4v) is 4.34. The number of carbonyl (C=O) groups excluding carboxylic acids is 2. The van der Waals surface area contributed by atoms with Gasteiger partial charge in [0, 0.05) is 11.4 Å². The average molecular weight is 440 g/mol. The fourth-order valence-electron chi connectivity index (χ4n) is 2.72. The van der Waals surface area contributed by atoms with E-state index in [1.807, 2.05) is 31.8 Å². The molecular weight excluding hydrogens is 414 g/mol. The van der Waals surface area contributed by atoms with Gasteiger partial charge in [-0.1, -0.05) is 29.8 Å². The number of rotatable bonds is 10. The number of likely N-dealkylation sites (N-methyl/N-ethyl adjacent to an activating group) is 1. The summed E-state index contributed by atoms with van der Waals surface area (Å²) in [4.78, 5) is 28.7. The third kappa shape index (κ3) is 6.51. The quantitative estimate of drug-likeness (QED) is 0.593. The summed E-state index contributed by atoms with van der Waals surface area (Å²) in [5.41, 5.74) is 0.371. The Labute approximate surface area is 179 Å². The molecule has 2 amide bonds. The predicted octanol–water partition coefficient (Wildman–Crippen LogP) is 3.67. The first-order valence-electron chi connectivity index (χ1n) is 8.96. The zero-order chi connectivity index (χ0) is 20.5. The van der Waals surface area contributed by atoms with Gasteiger partial charge in [0.05, 0.1) is 16.6 Å². The van der Waals surface area contributed by atoms with Gasteiger partial charge < -0.3 is 15.5 Å². The molecule has 0 unspecified atom stereocenters. The number of hydrogen-bond acceptors (Lipinski definition) is 5. The molecule has 0 saturated carbocycles. The number of nitrogens with zero attached hydrogens (tertiary/aromatic N) is 1. The van der Waals surface area contributed by atoms with Crippen molar-refractivity contribution < 1.29 is 9.59 Å². The molecular formula is C20H26ClN3O2S2. The van der Waals surface area contributed by atoms with Gasteiger partial charge in [0.15, 0.2) is 0 Å². The van der Waals surface area contributed by atoms with E-state index in [-0.39, 0.29) is 17.9 Å². The van der Waals surface area contributed by atoms with Crippen molar-refractivity contribution in [3.05, 3.63) is 57.2 Å². The topological polar surface area (TPSA) is 61.4 Å². The zero-order valence-corrected chi connectivity index (χ0v) is 18.7. The van der Waals surface area contributed by atoms with Gasteiger partial charge in [0.2, 0.25) is 5.91 Å². The lowest BCUT2D eigenvalue weighted by Crippen LogP contribution is -2.48. The van der Waals surface area contributed by atoms with Crippen LogP contribution in [0.5, 0.6) is 0 Å². The van der Waals surface area contributed by atoms with Crippen LogP contribution in [-0.4, -0.2) is 55.4 Å². The van der Waals surface area contributed by atoms with Crippen LogP contribution in [0, 0.1) is 0 Å². The minimum Gasteiger partial charge on any atom is -0.352 e. The molecule has 1 heterocycles. The highest BCUT2D eigenvalue weighted by molar-refractivity contribution is 7.98. The molecule has 5 nitrogen and oxygen atoms in total. The Morgan fingerprint density at radius 3 is 2.57 bits per heavy atom. The van der Waals surface area contributed by atoms with Crippen LogP contribution >= 0.6 is 34.7 Å².